The second kappa shape index (κ2) is 4.94. The molecule has 2 aromatic heterocycles. The highest BCUT2D eigenvalue weighted by molar-refractivity contribution is 6.30. The third kappa shape index (κ3) is 2.71. The van der Waals surface area contributed by atoms with Crippen LogP contribution in [0.4, 0.5) is 5.69 Å². The van der Waals surface area contributed by atoms with Crippen LogP contribution in [0, 0.1) is 6.92 Å². The molecule has 0 aliphatic rings. The summed E-state index contributed by atoms with van der Waals surface area (Å²) in [5.74, 6) is 0. The predicted molar refractivity (Wildman–Crippen MR) is 78.7 cm³/mol. The van der Waals surface area contributed by atoms with Crippen molar-refractivity contribution in [2.24, 2.45) is 0 Å². The van der Waals surface area contributed by atoms with Crippen LogP contribution in [-0.4, -0.2) is 9.38 Å². The number of aromatic nitrogens is 2. The molecule has 0 bridgehead atoms. The zero-order valence-electron chi connectivity index (χ0n) is 10.6. The molecule has 0 spiro atoms. The number of nitrogens with zero attached hydrogens (tertiary/aromatic N) is 2. The molecular formula is C15H14ClN3. The maximum absolute atomic E-state index is 5.95. The summed E-state index contributed by atoms with van der Waals surface area (Å²) in [4.78, 5) is 4.53. The molecule has 19 heavy (non-hydrogen) atoms. The molecule has 0 fully saturated rings. The quantitative estimate of drug-likeness (QED) is 0.783. The first-order valence-electron chi connectivity index (χ1n) is 6.14. The molecule has 1 N–H and O–H groups in total. The van der Waals surface area contributed by atoms with Crippen LogP contribution in [0.3, 0.4) is 0 Å². The molecule has 96 valence electrons. The molecule has 3 nitrogen and oxygen atoms in total. The molecular weight excluding hydrogens is 258 g/mol. The Hall–Kier alpha value is -2.00. The van der Waals surface area contributed by atoms with Gasteiger partial charge in [-0.3, -0.25) is 0 Å². The van der Waals surface area contributed by atoms with Crippen molar-refractivity contribution in [2.45, 2.75) is 13.5 Å². The van der Waals surface area contributed by atoms with Crippen molar-refractivity contribution in [2.75, 3.05) is 5.32 Å². The Morgan fingerprint density at radius 1 is 1.11 bits per heavy atom. The summed E-state index contributed by atoms with van der Waals surface area (Å²) >= 11 is 5.95. The molecule has 1 aromatic carbocycles. The van der Waals surface area contributed by atoms with E-state index in [1.807, 2.05) is 28.9 Å². The Labute approximate surface area is 116 Å². The van der Waals surface area contributed by atoms with Crippen molar-refractivity contribution in [3.8, 4) is 0 Å². The third-order valence-corrected chi connectivity index (χ3v) is 3.21. The molecule has 0 aliphatic carbocycles. The number of pyridine rings is 1. The standard InChI is InChI=1S/C15H14ClN3/c1-11-2-5-13(6-3-11)17-8-14-10-19-9-12(16)4-7-15(19)18-14/h2-7,9-10,17H,8H2,1H3. The van der Waals surface area contributed by atoms with Crippen molar-refractivity contribution in [3.63, 3.8) is 0 Å². The lowest BCUT2D eigenvalue weighted by Gasteiger charge is -2.04. The maximum atomic E-state index is 5.95. The fraction of sp³-hybridized carbons (Fsp3) is 0.133. The Kier molecular flexibility index (Phi) is 3.13. The van der Waals surface area contributed by atoms with Crippen molar-refractivity contribution >= 4 is 22.9 Å². The first kappa shape index (κ1) is 12.1. The summed E-state index contributed by atoms with van der Waals surface area (Å²) in [6, 6.07) is 12.1. The monoisotopic (exact) mass is 271 g/mol. The predicted octanol–water partition coefficient (Wildman–Crippen LogP) is 3.91. The van der Waals surface area contributed by atoms with Gasteiger partial charge in [0.25, 0.3) is 0 Å². The number of halogens is 1. The van der Waals surface area contributed by atoms with Crippen LogP contribution >= 0.6 is 11.6 Å². The van der Waals surface area contributed by atoms with Gasteiger partial charge < -0.3 is 9.72 Å². The van der Waals surface area contributed by atoms with E-state index >= 15 is 0 Å². The van der Waals surface area contributed by atoms with Crippen LogP contribution in [-0.2, 0) is 6.54 Å². The number of imidazole rings is 1. The summed E-state index contributed by atoms with van der Waals surface area (Å²) in [6.45, 7) is 2.78. The lowest BCUT2D eigenvalue weighted by atomic mass is 10.2. The van der Waals surface area contributed by atoms with Crippen LogP contribution in [0.15, 0.2) is 48.8 Å². The maximum Gasteiger partial charge on any atom is 0.137 e. The van der Waals surface area contributed by atoms with E-state index in [4.69, 9.17) is 11.6 Å². The molecule has 0 unspecified atom stereocenters. The lowest BCUT2D eigenvalue weighted by molar-refractivity contribution is 1.08. The zero-order valence-corrected chi connectivity index (χ0v) is 11.4. The number of nitrogens with one attached hydrogen (secondary N) is 1. The van der Waals surface area contributed by atoms with Gasteiger partial charge in [0.05, 0.1) is 17.3 Å². The largest absolute Gasteiger partial charge is 0.379 e. The van der Waals surface area contributed by atoms with Gasteiger partial charge in [0.2, 0.25) is 0 Å². The smallest absolute Gasteiger partial charge is 0.137 e. The average Bonchev–Trinajstić information content (AvgIpc) is 2.80. The molecule has 4 heteroatoms. The summed E-state index contributed by atoms with van der Waals surface area (Å²) in [6.07, 6.45) is 3.85. The highest BCUT2D eigenvalue weighted by Crippen LogP contribution is 2.13. The van der Waals surface area contributed by atoms with Crippen molar-refractivity contribution in [3.05, 3.63) is 65.1 Å². The number of anilines is 1. The van der Waals surface area contributed by atoms with E-state index in [0.717, 1.165) is 17.0 Å². The zero-order chi connectivity index (χ0) is 13.2. The van der Waals surface area contributed by atoms with E-state index < -0.39 is 0 Å². The van der Waals surface area contributed by atoms with Crippen LogP contribution in [0.1, 0.15) is 11.3 Å². The summed E-state index contributed by atoms with van der Waals surface area (Å²) in [7, 11) is 0. The van der Waals surface area contributed by atoms with Crippen LogP contribution in [0.5, 0.6) is 0 Å². The number of aryl methyl sites for hydroxylation is 1. The van der Waals surface area contributed by atoms with E-state index in [2.05, 4.69) is 41.5 Å². The molecule has 0 aliphatic heterocycles. The molecule has 0 amide bonds. The number of rotatable bonds is 3. The normalized spacial score (nSPS) is 10.8. The molecule has 3 aromatic rings. The van der Waals surface area contributed by atoms with Gasteiger partial charge in [0, 0.05) is 18.1 Å². The van der Waals surface area contributed by atoms with Crippen LogP contribution in [0.2, 0.25) is 5.02 Å². The van der Waals surface area contributed by atoms with Gasteiger partial charge in [0.1, 0.15) is 5.65 Å². The van der Waals surface area contributed by atoms with E-state index in [1.165, 1.54) is 5.56 Å². The van der Waals surface area contributed by atoms with Crippen molar-refractivity contribution in [1.82, 2.24) is 9.38 Å². The third-order valence-electron chi connectivity index (χ3n) is 2.99. The Morgan fingerprint density at radius 3 is 2.68 bits per heavy atom. The Balaban J connectivity index is 1.76. The Bertz CT molecular complexity index is 701. The first-order chi connectivity index (χ1) is 9.20. The van der Waals surface area contributed by atoms with Crippen LogP contribution < -0.4 is 5.32 Å². The van der Waals surface area contributed by atoms with Gasteiger partial charge >= 0.3 is 0 Å². The fourth-order valence-corrected chi connectivity index (χ4v) is 2.13. The minimum atomic E-state index is 0.697. The molecule has 0 radical (unpaired) electrons. The number of hydrogen-bond donors (Lipinski definition) is 1. The van der Waals surface area contributed by atoms with Gasteiger partial charge in [-0.1, -0.05) is 29.3 Å². The van der Waals surface area contributed by atoms with Gasteiger partial charge in [0.15, 0.2) is 0 Å². The first-order valence-corrected chi connectivity index (χ1v) is 6.52. The Morgan fingerprint density at radius 2 is 1.89 bits per heavy atom. The second-order valence-electron chi connectivity index (χ2n) is 4.56. The van der Waals surface area contributed by atoms with E-state index in [1.54, 1.807) is 0 Å². The average molecular weight is 272 g/mol. The summed E-state index contributed by atoms with van der Waals surface area (Å²) in [5.41, 5.74) is 4.25. The van der Waals surface area contributed by atoms with E-state index in [-0.39, 0.29) is 0 Å². The minimum Gasteiger partial charge on any atom is -0.379 e. The molecule has 3 rings (SSSR count). The molecule has 0 saturated heterocycles. The summed E-state index contributed by atoms with van der Waals surface area (Å²) in [5, 5.41) is 4.07. The van der Waals surface area contributed by atoms with E-state index in [9.17, 15) is 0 Å². The molecule has 0 saturated carbocycles. The highest BCUT2D eigenvalue weighted by Gasteiger charge is 2.02. The highest BCUT2D eigenvalue weighted by atomic mass is 35.5. The fourth-order valence-electron chi connectivity index (χ4n) is 1.97. The van der Waals surface area contributed by atoms with Crippen molar-refractivity contribution < 1.29 is 0 Å². The summed E-state index contributed by atoms with van der Waals surface area (Å²) < 4.78 is 1.94. The molecule has 0 atom stereocenters. The van der Waals surface area contributed by atoms with Crippen LogP contribution in [0.25, 0.3) is 5.65 Å². The topological polar surface area (TPSA) is 29.3 Å². The van der Waals surface area contributed by atoms with Crippen molar-refractivity contribution in [1.29, 1.82) is 0 Å². The second-order valence-corrected chi connectivity index (χ2v) is 5.00. The SMILES string of the molecule is Cc1ccc(NCc2cn3cc(Cl)ccc3n2)cc1. The molecule has 2 heterocycles. The number of hydrogen-bond acceptors (Lipinski definition) is 2. The lowest BCUT2D eigenvalue weighted by Crippen LogP contribution is -1.99. The number of benzene rings is 1. The van der Waals surface area contributed by atoms with Gasteiger partial charge in [-0.2, -0.15) is 0 Å². The minimum absolute atomic E-state index is 0.697. The van der Waals surface area contributed by atoms with Gasteiger partial charge in [-0.25, -0.2) is 4.98 Å². The van der Waals surface area contributed by atoms with Gasteiger partial charge in [-0.05, 0) is 31.2 Å². The number of fused-ring (bicyclic) bond motifs is 1. The van der Waals surface area contributed by atoms with Gasteiger partial charge in [-0.15, -0.1) is 0 Å². The van der Waals surface area contributed by atoms with E-state index in [0.29, 0.717) is 11.6 Å².